The normalized spacial score (nSPS) is 10.5. The van der Waals surface area contributed by atoms with Crippen LogP contribution in [0.3, 0.4) is 0 Å². The van der Waals surface area contributed by atoms with Gasteiger partial charge in [0.05, 0.1) is 12.6 Å². The van der Waals surface area contributed by atoms with Crippen molar-refractivity contribution in [1.82, 2.24) is 9.97 Å². The SMILES string of the molecule is COc1ccc2cc(C(=O)O)c(NCCc3ccncc3)nc2c1. The second-order valence-corrected chi connectivity index (χ2v) is 5.28. The van der Waals surface area contributed by atoms with Gasteiger partial charge in [-0.05, 0) is 42.3 Å². The lowest BCUT2D eigenvalue weighted by molar-refractivity contribution is 0.0698. The minimum Gasteiger partial charge on any atom is -0.497 e. The molecule has 0 atom stereocenters. The van der Waals surface area contributed by atoms with E-state index < -0.39 is 5.97 Å². The first-order chi connectivity index (χ1) is 11.7. The number of anilines is 1. The molecule has 0 spiro atoms. The number of nitrogens with one attached hydrogen (secondary N) is 1. The standard InChI is InChI=1S/C18H17N3O3/c1-24-14-3-2-13-10-15(18(22)23)17(21-16(13)11-14)20-9-6-12-4-7-19-8-5-12/h2-5,7-8,10-11H,6,9H2,1H3,(H,20,21)(H,22,23). The van der Waals surface area contributed by atoms with Crippen molar-refractivity contribution in [3.05, 3.63) is 59.9 Å². The first-order valence-corrected chi connectivity index (χ1v) is 7.52. The Kier molecular flexibility index (Phi) is 4.56. The van der Waals surface area contributed by atoms with Gasteiger partial charge in [0.2, 0.25) is 0 Å². The number of hydrogen-bond donors (Lipinski definition) is 2. The summed E-state index contributed by atoms with van der Waals surface area (Å²) in [5.41, 5.74) is 1.96. The van der Waals surface area contributed by atoms with Crippen LogP contribution in [0.5, 0.6) is 5.75 Å². The Hall–Kier alpha value is -3.15. The molecule has 122 valence electrons. The van der Waals surface area contributed by atoms with Crippen molar-refractivity contribution in [2.24, 2.45) is 0 Å². The van der Waals surface area contributed by atoms with Crippen molar-refractivity contribution in [3.8, 4) is 5.75 Å². The summed E-state index contributed by atoms with van der Waals surface area (Å²) in [5.74, 6) is 0.0322. The van der Waals surface area contributed by atoms with Crippen molar-refractivity contribution in [2.45, 2.75) is 6.42 Å². The Balaban J connectivity index is 1.86. The number of hydrogen-bond acceptors (Lipinski definition) is 5. The first-order valence-electron chi connectivity index (χ1n) is 7.52. The van der Waals surface area contributed by atoms with Crippen molar-refractivity contribution in [3.63, 3.8) is 0 Å². The number of aromatic carboxylic acids is 1. The number of carboxylic acids is 1. The number of carbonyl (C=O) groups is 1. The van der Waals surface area contributed by atoms with Gasteiger partial charge in [-0.2, -0.15) is 0 Å². The highest BCUT2D eigenvalue weighted by atomic mass is 16.5. The molecular formula is C18H17N3O3. The Morgan fingerprint density at radius 3 is 2.71 bits per heavy atom. The number of rotatable bonds is 6. The molecule has 0 saturated heterocycles. The highest BCUT2D eigenvalue weighted by molar-refractivity contribution is 5.98. The molecule has 0 bridgehead atoms. The van der Waals surface area contributed by atoms with Gasteiger partial charge < -0.3 is 15.2 Å². The summed E-state index contributed by atoms with van der Waals surface area (Å²) in [6, 6.07) is 10.9. The molecular weight excluding hydrogens is 306 g/mol. The van der Waals surface area contributed by atoms with E-state index in [1.807, 2.05) is 12.1 Å². The maximum absolute atomic E-state index is 11.5. The number of pyridine rings is 2. The summed E-state index contributed by atoms with van der Waals surface area (Å²) in [7, 11) is 1.58. The van der Waals surface area contributed by atoms with Gasteiger partial charge in [-0.1, -0.05) is 0 Å². The Bertz CT molecular complexity index is 866. The number of ether oxygens (including phenoxy) is 1. The minimum atomic E-state index is -1.01. The lowest BCUT2D eigenvalue weighted by Gasteiger charge is -2.11. The number of aromatic nitrogens is 2. The zero-order valence-corrected chi connectivity index (χ0v) is 13.2. The number of fused-ring (bicyclic) bond motifs is 1. The van der Waals surface area contributed by atoms with E-state index in [0.29, 0.717) is 23.6 Å². The predicted molar refractivity (Wildman–Crippen MR) is 91.7 cm³/mol. The molecule has 24 heavy (non-hydrogen) atoms. The van der Waals surface area contributed by atoms with Gasteiger partial charge in [0, 0.05) is 30.4 Å². The summed E-state index contributed by atoms with van der Waals surface area (Å²) in [6.45, 7) is 0.576. The van der Waals surface area contributed by atoms with Crippen LogP contribution in [0.15, 0.2) is 48.8 Å². The van der Waals surface area contributed by atoms with E-state index in [9.17, 15) is 9.90 Å². The molecule has 2 N–H and O–H groups in total. The summed E-state index contributed by atoms with van der Waals surface area (Å²) in [5, 5.41) is 13.3. The summed E-state index contributed by atoms with van der Waals surface area (Å²) in [4.78, 5) is 19.9. The van der Waals surface area contributed by atoms with E-state index in [0.717, 1.165) is 17.4 Å². The molecule has 0 radical (unpaired) electrons. The maximum Gasteiger partial charge on any atom is 0.339 e. The zero-order chi connectivity index (χ0) is 16.9. The van der Waals surface area contributed by atoms with Crippen LogP contribution in [0.2, 0.25) is 0 Å². The molecule has 2 aromatic heterocycles. The van der Waals surface area contributed by atoms with E-state index in [-0.39, 0.29) is 5.56 Å². The monoisotopic (exact) mass is 323 g/mol. The third-order valence-corrected chi connectivity index (χ3v) is 3.71. The summed E-state index contributed by atoms with van der Waals surface area (Å²) in [6.07, 6.45) is 4.22. The highest BCUT2D eigenvalue weighted by Crippen LogP contribution is 2.24. The maximum atomic E-state index is 11.5. The van der Waals surface area contributed by atoms with E-state index in [2.05, 4.69) is 15.3 Å². The summed E-state index contributed by atoms with van der Waals surface area (Å²) >= 11 is 0. The first kappa shape index (κ1) is 15.7. The Morgan fingerprint density at radius 2 is 2.00 bits per heavy atom. The minimum absolute atomic E-state index is 0.155. The average Bonchev–Trinajstić information content (AvgIpc) is 2.61. The van der Waals surface area contributed by atoms with Gasteiger partial charge in [-0.25, -0.2) is 9.78 Å². The lowest BCUT2D eigenvalue weighted by atomic mass is 10.1. The van der Waals surface area contributed by atoms with E-state index in [1.54, 1.807) is 43.8 Å². The average molecular weight is 323 g/mol. The topological polar surface area (TPSA) is 84.3 Å². The van der Waals surface area contributed by atoms with E-state index in [4.69, 9.17) is 4.74 Å². The number of methoxy groups -OCH3 is 1. The molecule has 0 unspecified atom stereocenters. The van der Waals surface area contributed by atoms with Crippen LogP contribution in [0.1, 0.15) is 15.9 Å². The van der Waals surface area contributed by atoms with Crippen LogP contribution in [0.4, 0.5) is 5.82 Å². The number of carboxylic acid groups (broad SMARTS) is 1. The van der Waals surface area contributed by atoms with Gasteiger partial charge in [0.25, 0.3) is 0 Å². The quantitative estimate of drug-likeness (QED) is 0.725. The fourth-order valence-electron chi connectivity index (χ4n) is 2.45. The molecule has 3 rings (SSSR count). The fourth-order valence-corrected chi connectivity index (χ4v) is 2.45. The summed E-state index contributed by atoms with van der Waals surface area (Å²) < 4.78 is 5.20. The molecule has 2 heterocycles. The van der Waals surface area contributed by atoms with Crippen LogP contribution in [0, 0.1) is 0 Å². The number of benzene rings is 1. The molecule has 1 aromatic carbocycles. The Morgan fingerprint density at radius 1 is 1.21 bits per heavy atom. The van der Waals surface area contributed by atoms with Gasteiger partial charge in [0.1, 0.15) is 17.1 Å². The molecule has 0 fully saturated rings. The van der Waals surface area contributed by atoms with Gasteiger partial charge >= 0.3 is 5.97 Å². The van der Waals surface area contributed by atoms with Crippen molar-refractivity contribution >= 4 is 22.7 Å². The van der Waals surface area contributed by atoms with Gasteiger partial charge in [0.15, 0.2) is 0 Å². The van der Waals surface area contributed by atoms with Crippen LogP contribution >= 0.6 is 0 Å². The van der Waals surface area contributed by atoms with Crippen LogP contribution < -0.4 is 10.1 Å². The van der Waals surface area contributed by atoms with E-state index in [1.165, 1.54) is 0 Å². The smallest absolute Gasteiger partial charge is 0.339 e. The molecule has 6 heteroatoms. The number of nitrogens with zero attached hydrogens (tertiary/aromatic N) is 2. The third kappa shape index (κ3) is 3.43. The van der Waals surface area contributed by atoms with Crippen molar-refractivity contribution in [2.75, 3.05) is 19.0 Å². The van der Waals surface area contributed by atoms with Gasteiger partial charge in [-0.15, -0.1) is 0 Å². The second-order valence-electron chi connectivity index (χ2n) is 5.28. The second kappa shape index (κ2) is 6.95. The largest absolute Gasteiger partial charge is 0.497 e. The third-order valence-electron chi connectivity index (χ3n) is 3.71. The van der Waals surface area contributed by atoms with Crippen LogP contribution in [-0.4, -0.2) is 34.7 Å². The Labute approximate surface area is 139 Å². The molecule has 0 aliphatic rings. The molecule has 0 aliphatic carbocycles. The van der Waals surface area contributed by atoms with E-state index >= 15 is 0 Å². The molecule has 3 aromatic rings. The van der Waals surface area contributed by atoms with Crippen LogP contribution in [-0.2, 0) is 6.42 Å². The highest BCUT2D eigenvalue weighted by Gasteiger charge is 2.13. The molecule has 0 saturated carbocycles. The van der Waals surface area contributed by atoms with Crippen molar-refractivity contribution < 1.29 is 14.6 Å². The predicted octanol–water partition coefficient (Wildman–Crippen LogP) is 2.99. The fraction of sp³-hybridized carbons (Fsp3) is 0.167. The van der Waals surface area contributed by atoms with Crippen LogP contribution in [0.25, 0.3) is 10.9 Å². The molecule has 0 amide bonds. The van der Waals surface area contributed by atoms with Gasteiger partial charge in [-0.3, -0.25) is 4.98 Å². The zero-order valence-electron chi connectivity index (χ0n) is 13.2. The lowest BCUT2D eigenvalue weighted by Crippen LogP contribution is -2.11. The molecule has 0 aliphatic heterocycles. The van der Waals surface area contributed by atoms with Crippen molar-refractivity contribution in [1.29, 1.82) is 0 Å². The molecule has 6 nitrogen and oxygen atoms in total.